The van der Waals surface area contributed by atoms with Gasteiger partial charge in [-0.2, -0.15) is 0 Å². The smallest absolute Gasteiger partial charge is 0.328 e. The van der Waals surface area contributed by atoms with Crippen LogP contribution in [-0.4, -0.2) is 58.7 Å². The number of amides is 2. The van der Waals surface area contributed by atoms with Crippen molar-refractivity contribution in [2.45, 2.75) is 38.6 Å². The lowest BCUT2D eigenvalue weighted by molar-refractivity contribution is -0.145. The van der Waals surface area contributed by atoms with Gasteiger partial charge in [-0.25, -0.2) is 4.79 Å². The molecule has 2 atom stereocenters. The largest absolute Gasteiger partial charge is 0.505 e. The number of fused-ring (bicyclic) bond motifs is 1. The maximum Gasteiger partial charge on any atom is 0.328 e. The summed E-state index contributed by atoms with van der Waals surface area (Å²) in [5.41, 5.74) is 7.18. The van der Waals surface area contributed by atoms with Gasteiger partial charge in [0.05, 0.1) is 6.61 Å². The molecule has 2 aromatic carbocycles. The number of para-hydroxylation sites is 1. The van der Waals surface area contributed by atoms with E-state index in [1.165, 1.54) is 0 Å². The molecule has 4 rings (SSSR count). The van der Waals surface area contributed by atoms with Gasteiger partial charge >= 0.3 is 5.97 Å². The Morgan fingerprint density at radius 3 is 2.59 bits per heavy atom. The molecule has 0 bridgehead atoms. The SMILES string of the molecule is CCOC(=O)[C@H](CCC(=O)CC1CCN(c2ccc(C(=N)N)cc2)C1=O)NC(=O)c1[nH]c2ccccc2c1O. The van der Waals surface area contributed by atoms with E-state index in [1.807, 2.05) is 0 Å². The summed E-state index contributed by atoms with van der Waals surface area (Å²) in [7, 11) is 0. The van der Waals surface area contributed by atoms with Crippen LogP contribution in [0.4, 0.5) is 5.69 Å². The molecule has 204 valence electrons. The Kier molecular flexibility index (Phi) is 8.28. The van der Waals surface area contributed by atoms with E-state index in [4.69, 9.17) is 15.9 Å². The number of H-pyrrole nitrogens is 1. The molecule has 3 aromatic rings. The molecule has 0 aliphatic carbocycles. The molecule has 0 spiro atoms. The van der Waals surface area contributed by atoms with Crippen LogP contribution in [0.5, 0.6) is 5.75 Å². The van der Waals surface area contributed by atoms with Gasteiger partial charge in [-0.3, -0.25) is 19.8 Å². The number of nitrogen functional groups attached to an aromatic ring is 1. The van der Waals surface area contributed by atoms with E-state index in [0.717, 1.165) is 0 Å². The minimum absolute atomic E-state index is 0.0124. The van der Waals surface area contributed by atoms with Crippen molar-refractivity contribution in [2.75, 3.05) is 18.1 Å². The monoisotopic (exact) mass is 533 g/mol. The number of ether oxygens (including phenoxy) is 1. The molecule has 6 N–H and O–H groups in total. The summed E-state index contributed by atoms with van der Waals surface area (Å²) in [6.07, 6.45) is 0.477. The molecule has 1 aliphatic rings. The first kappa shape index (κ1) is 27.4. The number of Topliss-reactive ketones (excluding diaryl/α,β-unsaturated/α-hetero) is 1. The lowest BCUT2D eigenvalue weighted by Gasteiger charge is -2.18. The number of esters is 1. The van der Waals surface area contributed by atoms with Crippen LogP contribution >= 0.6 is 0 Å². The van der Waals surface area contributed by atoms with Gasteiger partial charge in [0.25, 0.3) is 5.91 Å². The third-order valence-corrected chi connectivity index (χ3v) is 6.77. The Labute approximate surface area is 224 Å². The van der Waals surface area contributed by atoms with Crippen LogP contribution in [0.15, 0.2) is 48.5 Å². The molecule has 39 heavy (non-hydrogen) atoms. The van der Waals surface area contributed by atoms with E-state index < -0.39 is 23.8 Å². The van der Waals surface area contributed by atoms with Gasteiger partial charge in [0.1, 0.15) is 23.4 Å². The highest BCUT2D eigenvalue weighted by atomic mass is 16.5. The second kappa shape index (κ2) is 11.8. The van der Waals surface area contributed by atoms with E-state index in [9.17, 15) is 24.3 Å². The Hall–Kier alpha value is -4.67. The lowest BCUT2D eigenvalue weighted by Crippen LogP contribution is -2.42. The highest BCUT2D eigenvalue weighted by molar-refractivity contribution is 6.04. The van der Waals surface area contributed by atoms with Gasteiger partial charge in [-0.1, -0.05) is 12.1 Å². The standard InChI is InChI=1S/C28H31N5O6/c1-2-39-28(38)22(32-26(36)23-24(35)20-5-3-4-6-21(20)31-23)12-11-19(34)15-17-13-14-33(27(17)37)18-9-7-16(8-10-18)25(29)30/h3-10,17,22,31,35H,2,11-15H2,1H3,(H3,29,30)(H,32,36)/t17?,22-/m0/s1. The summed E-state index contributed by atoms with van der Waals surface area (Å²) >= 11 is 0. The van der Waals surface area contributed by atoms with Crippen molar-refractivity contribution in [3.8, 4) is 5.75 Å². The molecule has 1 unspecified atom stereocenters. The normalized spacial score (nSPS) is 15.8. The number of anilines is 1. The van der Waals surface area contributed by atoms with Crippen molar-refractivity contribution < 1.29 is 29.0 Å². The van der Waals surface area contributed by atoms with Gasteiger partial charge in [0.15, 0.2) is 5.75 Å². The highest BCUT2D eigenvalue weighted by Gasteiger charge is 2.34. The van der Waals surface area contributed by atoms with Crippen molar-refractivity contribution in [1.82, 2.24) is 10.3 Å². The number of amidine groups is 1. The number of carbonyl (C=O) groups is 4. The second-order valence-electron chi connectivity index (χ2n) is 9.39. The fourth-order valence-electron chi connectivity index (χ4n) is 4.70. The summed E-state index contributed by atoms with van der Waals surface area (Å²) in [6.45, 7) is 2.19. The zero-order valence-corrected chi connectivity index (χ0v) is 21.5. The molecule has 1 aromatic heterocycles. The van der Waals surface area contributed by atoms with Crippen LogP contribution in [-0.2, 0) is 19.1 Å². The minimum Gasteiger partial charge on any atom is -0.505 e. The number of aromatic nitrogens is 1. The Bertz CT molecular complexity index is 1410. The first-order valence-corrected chi connectivity index (χ1v) is 12.7. The molecular formula is C28H31N5O6. The number of aromatic hydroxyl groups is 1. The van der Waals surface area contributed by atoms with Gasteiger partial charge in [0, 0.05) is 47.5 Å². The van der Waals surface area contributed by atoms with Crippen molar-refractivity contribution in [1.29, 1.82) is 5.41 Å². The van der Waals surface area contributed by atoms with Crippen LogP contribution in [0.1, 0.15) is 48.7 Å². The number of nitrogens with two attached hydrogens (primary N) is 1. The molecule has 0 saturated carbocycles. The zero-order valence-electron chi connectivity index (χ0n) is 21.5. The first-order valence-electron chi connectivity index (χ1n) is 12.7. The van der Waals surface area contributed by atoms with Crippen LogP contribution in [0.25, 0.3) is 10.9 Å². The van der Waals surface area contributed by atoms with Crippen molar-refractivity contribution in [2.24, 2.45) is 11.7 Å². The average molecular weight is 534 g/mol. The second-order valence-corrected chi connectivity index (χ2v) is 9.39. The predicted octanol–water partition coefficient (Wildman–Crippen LogP) is 2.61. The number of nitrogens with zero attached hydrogens (tertiary/aromatic N) is 1. The molecule has 1 saturated heterocycles. The predicted molar refractivity (Wildman–Crippen MR) is 145 cm³/mol. The summed E-state index contributed by atoms with van der Waals surface area (Å²) in [5, 5.41) is 21.0. The minimum atomic E-state index is -1.11. The first-order chi connectivity index (χ1) is 18.7. The summed E-state index contributed by atoms with van der Waals surface area (Å²) in [6, 6.07) is 12.5. The Balaban J connectivity index is 1.36. The number of hydrogen-bond donors (Lipinski definition) is 5. The third-order valence-electron chi connectivity index (χ3n) is 6.77. The Morgan fingerprint density at radius 2 is 1.92 bits per heavy atom. The molecule has 0 radical (unpaired) electrons. The highest BCUT2D eigenvalue weighted by Crippen LogP contribution is 2.29. The molecule has 2 amide bonds. The number of benzene rings is 2. The van der Waals surface area contributed by atoms with Crippen LogP contribution < -0.4 is 16.0 Å². The van der Waals surface area contributed by atoms with E-state index in [2.05, 4.69) is 10.3 Å². The van der Waals surface area contributed by atoms with Crippen LogP contribution in [0, 0.1) is 11.3 Å². The average Bonchev–Trinajstić information content (AvgIpc) is 3.46. The van der Waals surface area contributed by atoms with E-state index >= 15 is 0 Å². The number of rotatable bonds is 11. The number of ketones is 1. The zero-order chi connectivity index (χ0) is 28.1. The van der Waals surface area contributed by atoms with Gasteiger partial charge in [0.2, 0.25) is 5.91 Å². The molecule has 1 aliphatic heterocycles. The Morgan fingerprint density at radius 1 is 1.21 bits per heavy atom. The fourth-order valence-corrected chi connectivity index (χ4v) is 4.70. The van der Waals surface area contributed by atoms with Gasteiger partial charge < -0.3 is 30.8 Å². The van der Waals surface area contributed by atoms with Gasteiger partial charge in [-0.05, 0) is 56.2 Å². The topological polar surface area (TPSA) is 179 Å². The van der Waals surface area contributed by atoms with Crippen molar-refractivity contribution in [3.05, 3.63) is 59.8 Å². The third kappa shape index (κ3) is 6.08. The number of aromatic amines is 1. The molecule has 11 nitrogen and oxygen atoms in total. The van der Waals surface area contributed by atoms with Crippen molar-refractivity contribution in [3.63, 3.8) is 0 Å². The van der Waals surface area contributed by atoms with E-state index in [0.29, 0.717) is 35.1 Å². The van der Waals surface area contributed by atoms with Crippen LogP contribution in [0.3, 0.4) is 0 Å². The summed E-state index contributed by atoms with van der Waals surface area (Å²) in [4.78, 5) is 55.6. The number of carbonyl (C=O) groups excluding carboxylic acids is 4. The lowest BCUT2D eigenvalue weighted by atomic mass is 9.97. The van der Waals surface area contributed by atoms with E-state index in [-0.39, 0.29) is 54.8 Å². The number of nitrogens with one attached hydrogen (secondary N) is 3. The molecular weight excluding hydrogens is 502 g/mol. The number of hydrogen-bond acceptors (Lipinski definition) is 7. The van der Waals surface area contributed by atoms with Crippen LogP contribution in [0.2, 0.25) is 0 Å². The quantitative estimate of drug-likeness (QED) is 0.143. The summed E-state index contributed by atoms with van der Waals surface area (Å²) in [5.74, 6) is -2.54. The van der Waals surface area contributed by atoms with Crippen molar-refractivity contribution >= 4 is 46.0 Å². The molecule has 1 fully saturated rings. The molecule has 11 heteroatoms. The maximum atomic E-state index is 12.9. The summed E-state index contributed by atoms with van der Waals surface area (Å²) < 4.78 is 5.08. The fraction of sp³-hybridized carbons (Fsp3) is 0.321. The molecule has 2 heterocycles. The maximum absolute atomic E-state index is 12.9. The van der Waals surface area contributed by atoms with E-state index in [1.54, 1.807) is 60.4 Å². The van der Waals surface area contributed by atoms with Gasteiger partial charge in [-0.15, -0.1) is 0 Å².